The molecule has 1 aromatic heterocycles. The van der Waals surface area contributed by atoms with E-state index in [4.69, 9.17) is 4.42 Å². The van der Waals surface area contributed by atoms with Gasteiger partial charge in [0, 0.05) is 12.8 Å². The summed E-state index contributed by atoms with van der Waals surface area (Å²) in [5, 5.41) is 3.14. The molecule has 1 N–H and O–H groups in total. The Morgan fingerprint density at radius 1 is 1.35 bits per heavy atom. The molecule has 1 aliphatic carbocycles. The van der Waals surface area contributed by atoms with Gasteiger partial charge in [-0.1, -0.05) is 25.7 Å². The Balaban J connectivity index is 1.69. The van der Waals surface area contributed by atoms with Crippen LogP contribution in [0.25, 0.3) is 0 Å². The highest BCUT2D eigenvalue weighted by Gasteiger charge is 2.15. The lowest BCUT2D eigenvalue weighted by molar-refractivity contribution is 0.418. The fourth-order valence-electron chi connectivity index (χ4n) is 2.64. The number of nitrogens with one attached hydrogen (secondary N) is 1. The molecule has 0 radical (unpaired) electrons. The van der Waals surface area contributed by atoms with Crippen LogP contribution in [0.2, 0.25) is 0 Å². The first kappa shape index (κ1) is 12.6. The van der Waals surface area contributed by atoms with Crippen molar-refractivity contribution in [2.75, 3.05) is 13.6 Å². The Bertz CT molecular complexity index is 316. The zero-order valence-corrected chi connectivity index (χ0v) is 10.9. The molecule has 1 fully saturated rings. The molecule has 0 aromatic carbocycles. The van der Waals surface area contributed by atoms with Crippen molar-refractivity contribution in [3.8, 4) is 0 Å². The lowest BCUT2D eigenvalue weighted by atomic mass is 10.0. The molecule has 1 aromatic rings. The molecular formula is C14H24N2O. The van der Waals surface area contributed by atoms with Gasteiger partial charge in [-0.2, -0.15) is 0 Å². The second-order valence-electron chi connectivity index (χ2n) is 5.12. The largest absolute Gasteiger partial charge is 0.446 e. The molecule has 96 valence electrons. The molecule has 1 saturated carbocycles. The highest BCUT2D eigenvalue weighted by molar-refractivity contribution is 4.95. The third-order valence-corrected chi connectivity index (χ3v) is 3.69. The van der Waals surface area contributed by atoms with Gasteiger partial charge in [0.25, 0.3) is 0 Å². The Labute approximate surface area is 104 Å². The molecule has 0 bridgehead atoms. The van der Waals surface area contributed by atoms with Crippen molar-refractivity contribution in [3.05, 3.63) is 17.8 Å². The molecule has 0 spiro atoms. The van der Waals surface area contributed by atoms with E-state index in [2.05, 4.69) is 10.3 Å². The summed E-state index contributed by atoms with van der Waals surface area (Å²) < 4.78 is 5.75. The number of oxazole rings is 1. The molecule has 0 saturated heterocycles. The third-order valence-electron chi connectivity index (χ3n) is 3.69. The molecule has 2 rings (SSSR count). The highest BCUT2D eigenvalue weighted by Crippen LogP contribution is 2.28. The Morgan fingerprint density at radius 3 is 2.94 bits per heavy atom. The SMILES string of the molecule is CNCCCc1ncc(CCC2CCCC2)o1. The van der Waals surface area contributed by atoms with E-state index in [0.717, 1.165) is 43.4 Å². The van der Waals surface area contributed by atoms with Gasteiger partial charge in [-0.05, 0) is 32.4 Å². The third kappa shape index (κ3) is 4.15. The maximum atomic E-state index is 5.75. The van der Waals surface area contributed by atoms with E-state index in [0.29, 0.717) is 0 Å². The van der Waals surface area contributed by atoms with Gasteiger partial charge < -0.3 is 9.73 Å². The lowest BCUT2D eigenvalue weighted by Crippen LogP contribution is -2.08. The first-order valence-corrected chi connectivity index (χ1v) is 6.96. The van der Waals surface area contributed by atoms with Gasteiger partial charge in [0.2, 0.25) is 0 Å². The summed E-state index contributed by atoms with van der Waals surface area (Å²) in [5.41, 5.74) is 0. The van der Waals surface area contributed by atoms with Crippen LogP contribution in [-0.4, -0.2) is 18.6 Å². The molecule has 0 unspecified atom stereocenters. The number of aryl methyl sites for hydroxylation is 2. The van der Waals surface area contributed by atoms with Gasteiger partial charge in [-0.15, -0.1) is 0 Å². The maximum Gasteiger partial charge on any atom is 0.194 e. The molecule has 1 aliphatic rings. The van der Waals surface area contributed by atoms with Crippen LogP contribution < -0.4 is 5.32 Å². The summed E-state index contributed by atoms with van der Waals surface area (Å²) in [4.78, 5) is 4.34. The molecule has 0 amide bonds. The van der Waals surface area contributed by atoms with Crippen LogP contribution in [0.3, 0.4) is 0 Å². The van der Waals surface area contributed by atoms with Crippen LogP contribution in [0.5, 0.6) is 0 Å². The predicted molar refractivity (Wildman–Crippen MR) is 69.0 cm³/mol. The summed E-state index contributed by atoms with van der Waals surface area (Å²) in [5.74, 6) is 2.92. The minimum Gasteiger partial charge on any atom is -0.446 e. The Morgan fingerprint density at radius 2 is 2.18 bits per heavy atom. The Hall–Kier alpha value is -0.830. The average molecular weight is 236 g/mol. The second-order valence-corrected chi connectivity index (χ2v) is 5.12. The van der Waals surface area contributed by atoms with Crippen LogP contribution in [0, 0.1) is 5.92 Å². The number of rotatable bonds is 7. The molecule has 0 atom stereocenters. The molecular weight excluding hydrogens is 212 g/mol. The van der Waals surface area contributed by atoms with Gasteiger partial charge in [-0.25, -0.2) is 4.98 Å². The summed E-state index contributed by atoms with van der Waals surface area (Å²) >= 11 is 0. The lowest BCUT2D eigenvalue weighted by Gasteiger charge is -2.05. The summed E-state index contributed by atoms with van der Waals surface area (Å²) in [6.45, 7) is 1.03. The first-order valence-electron chi connectivity index (χ1n) is 6.96. The van der Waals surface area contributed by atoms with Crippen molar-refractivity contribution in [3.63, 3.8) is 0 Å². The molecule has 17 heavy (non-hydrogen) atoms. The van der Waals surface area contributed by atoms with Crippen LogP contribution in [0.15, 0.2) is 10.6 Å². The number of aromatic nitrogens is 1. The predicted octanol–water partition coefficient (Wildman–Crippen LogP) is 2.95. The first-order chi connectivity index (χ1) is 8.38. The molecule has 3 heteroatoms. The van der Waals surface area contributed by atoms with Crippen LogP contribution >= 0.6 is 0 Å². The average Bonchev–Trinajstić information content (AvgIpc) is 2.98. The van der Waals surface area contributed by atoms with Crippen molar-refractivity contribution in [1.29, 1.82) is 0 Å². The van der Waals surface area contributed by atoms with Gasteiger partial charge >= 0.3 is 0 Å². The fraction of sp³-hybridized carbons (Fsp3) is 0.786. The minimum atomic E-state index is 0.904. The van der Waals surface area contributed by atoms with Crippen LogP contribution in [0.4, 0.5) is 0 Å². The van der Waals surface area contributed by atoms with Crippen molar-refractivity contribution in [2.45, 2.75) is 51.4 Å². The van der Waals surface area contributed by atoms with Gasteiger partial charge in [0.1, 0.15) is 5.76 Å². The van der Waals surface area contributed by atoms with Crippen molar-refractivity contribution < 1.29 is 4.42 Å². The van der Waals surface area contributed by atoms with E-state index < -0.39 is 0 Å². The van der Waals surface area contributed by atoms with Crippen molar-refractivity contribution in [1.82, 2.24) is 10.3 Å². The summed E-state index contributed by atoms with van der Waals surface area (Å²) in [7, 11) is 1.97. The molecule has 1 heterocycles. The normalized spacial score (nSPS) is 16.8. The Kier molecular flexibility index (Phi) is 5.05. The van der Waals surface area contributed by atoms with Gasteiger partial charge in [0.05, 0.1) is 6.20 Å². The van der Waals surface area contributed by atoms with E-state index >= 15 is 0 Å². The van der Waals surface area contributed by atoms with E-state index in [1.165, 1.54) is 32.1 Å². The van der Waals surface area contributed by atoms with E-state index in [-0.39, 0.29) is 0 Å². The summed E-state index contributed by atoms with van der Waals surface area (Å²) in [6, 6.07) is 0. The van der Waals surface area contributed by atoms with Crippen molar-refractivity contribution >= 4 is 0 Å². The quantitative estimate of drug-likeness (QED) is 0.740. The van der Waals surface area contributed by atoms with Crippen LogP contribution in [-0.2, 0) is 12.8 Å². The van der Waals surface area contributed by atoms with E-state index in [1.807, 2.05) is 13.2 Å². The second kappa shape index (κ2) is 6.80. The minimum absolute atomic E-state index is 0.904. The van der Waals surface area contributed by atoms with Gasteiger partial charge in [0.15, 0.2) is 5.89 Å². The highest BCUT2D eigenvalue weighted by atomic mass is 16.4. The topological polar surface area (TPSA) is 38.1 Å². The smallest absolute Gasteiger partial charge is 0.194 e. The summed E-state index contributed by atoms with van der Waals surface area (Å²) in [6.07, 6.45) is 12.0. The standard InChI is InChI=1S/C14H24N2O/c1-15-10-4-7-14-16-11-13(17-14)9-8-12-5-2-3-6-12/h11-12,15H,2-10H2,1H3. The number of hydrogen-bond donors (Lipinski definition) is 1. The fourth-order valence-corrected chi connectivity index (χ4v) is 2.64. The number of nitrogens with zero attached hydrogens (tertiary/aromatic N) is 1. The van der Waals surface area contributed by atoms with E-state index in [1.54, 1.807) is 0 Å². The molecule has 0 aliphatic heterocycles. The zero-order chi connectivity index (χ0) is 11.9. The van der Waals surface area contributed by atoms with Gasteiger partial charge in [-0.3, -0.25) is 0 Å². The van der Waals surface area contributed by atoms with Crippen molar-refractivity contribution in [2.24, 2.45) is 5.92 Å². The monoisotopic (exact) mass is 236 g/mol. The molecule has 3 nitrogen and oxygen atoms in total. The zero-order valence-electron chi connectivity index (χ0n) is 10.9. The number of hydrogen-bond acceptors (Lipinski definition) is 3. The van der Waals surface area contributed by atoms with E-state index in [9.17, 15) is 0 Å². The maximum absolute atomic E-state index is 5.75. The van der Waals surface area contributed by atoms with Crippen LogP contribution in [0.1, 0.15) is 50.2 Å².